The molecule has 1 aromatic carbocycles. The first-order chi connectivity index (χ1) is 8.78. The molecule has 0 amide bonds. The van der Waals surface area contributed by atoms with E-state index in [9.17, 15) is 0 Å². The van der Waals surface area contributed by atoms with Gasteiger partial charge in [0.15, 0.2) is 5.82 Å². The van der Waals surface area contributed by atoms with E-state index in [1.165, 1.54) is 0 Å². The quantitative estimate of drug-likeness (QED) is 0.883. The van der Waals surface area contributed by atoms with Crippen molar-refractivity contribution in [1.82, 2.24) is 15.2 Å². The second-order valence-electron chi connectivity index (χ2n) is 3.48. The molecule has 0 spiro atoms. The minimum atomic E-state index is 0.501. The molecule has 0 saturated carbocycles. The van der Waals surface area contributed by atoms with Gasteiger partial charge in [-0.05, 0) is 12.1 Å². The highest BCUT2D eigenvalue weighted by atomic mass is 16.5. The number of rotatable bonds is 4. The van der Waals surface area contributed by atoms with Crippen LogP contribution in [0, 0.1) is 0 Å². The molecule has 18 heavy (non-hydrogen) atoms. The predicted octanol–water partition coefficient (Wildman–Crippen LogP) is 1.60. The molecular formula is C12H14N4O2. The smallest absolute Gasteiger partial charge is 0.187 e. The Morgan fingerprint density at radius 1 is 1.17 bits per heavy atom. The first-order valence-corrected chi connectivity index (χ1v) is 5.38. The molecule has 0 fully saturated rings. The molecule has 0 unspecified atom stereocenters. The SMILES string of the molecule is CNc1cnnc(-c2ccc(OC)cc2OC)n1. The topological polar surface area (TPSA) is 69.2 Å². The zero-order valence-corrected chi connectivity index (χ0v) is 10.5. The van der Waals surface area contributed by atoms with Gasteiger partial charge in [0, 0.05) is 13.1 Å². The summed E-state index contributed by atoms with van der Waals surface area (Å²) >= 11 is 0. The molecule has 0 radical (unpaired) electrons. The number of anilines is 1. The van der Waals surface area contributed by atoms with Crippen LogP contribution in [0.15, 0.2) is 24.4 Å². The van der Waals surface area contributed by atoms with E-state index in [0.29, 0.717) is 23.1 Å². The van der Waals surface area contributed by atoms with Crippen molar-refractivity contribution in [2.75, 3.05) is 26.6 Å². The van der Waals surface area contributed by atoms with E-state index < -0.39 is 0 Å². The highest BCUT2D eigenvalue weighted by Crippen LogP contribution is 2.31. The van der Waals surface area contributed by atoms with Gasteiger partial charge >= 0.3 is 0 Å². The fraction of sp³-hybridized carbons (Fsp3) is 0.250. The largest absolute Gasteiger partial charge is 0.497 e. The van der Waals surface area contributed by atoms with Crippen LogP contribution >= 0.6 is 0 Å². The summed E-state index contributed by atoms with van der Waals surface area (Å²) in [5.41, 5.74) is 0.767. The van der Waals surface area contributed by atoms with Gasteiger partial charge < -0.3 is 14.8 Å². The fourth-order valence-electron chi connectivity index (χ4n) is 1.52. The first kappa shape index (κ1) is 12.1. The molecule has 1 aromatic heterocycles. The first-order valence-electron chi connectivity index (χ1n) is 5.38. The average Bonchev–Trinajstić information content (AvgIpc) is 2.46. The molecule has 0 bridgehead atoms. The Morgan fingerprint density at radius 3 is 2.67 bits per heavy atom. The standard InChI is InChI=1S/C12H14N4O2/c1-13-11-7-14-16-12(15-11)9-5-4-8(17-2)6-10(9)18-3/h4-7H,1-3H3,(H,13,15,16). The Morgan fingerprint density at radius 2 is 2.00 bits per heavy atom. The van der Waals surface area contributed by atoms with E-state index in [1.807, 2.05) is 12.1 Å². The van der Waals surface area contributed by atoms with E-state index in [-0.39, 0.29) is 0 Å². The lowest BCUT2D eigenvalue weighted by molar-refractivity contribution is 0.395. The maximum absolute atomic E-state index is 5.31. The van der Waals surface area contributed by atoms with Crippen LogP contribution in [-0.2, 0) is 0 Å². The van der Waals surface area contributed by atoms with E-state index in [1.54, 1.807) is 33.5 Å². The number of nitrogens with one attached hydrogen (secondary N) is 1. The lowest BCUT2D eigenvalue weighted by Crippen LogP contribution is -1.99. The van der Waals surface area contributed by atoms with E-state index in [2.05, 4.69) is 20.5 Å². The Labute approximate surface area is 105 Å². The number of nitrogens with zero attached hydrogens (tertiary/aromatic N) is 3. The molecule has 6 heteroatoms. The Balaban J connectivity index is 2.48. The van der Waals surface area contributed by atoms with Crippen molar-refractivity contribution in [3.8, 4) is 22.9 Å². The minimum Gasteiger partial charge on any atom is -0.497 e. The maximum Gasteiger partial charge on any atom is 0.187 e. The van der Waals surface area contributed by atoms with Crippen molar-refractivity contribution >= 4 is 5.82 Å². The third-order valence-corrected chi connectivity index (χ3v) is 2.46. The van der Waals surface area contributed by atoms with E-state index in [4.69, 9.17) is 9.47 Å². The maximum atomic E-state index is 5.31. The number of ether oxygens (including phenoxy) is 2. The summed E-state index contributed by atoms with van der Waals surface area (Å²) < 4.78 is 10.5. The Bertz CT molecular complexity index is 545. The normalized spacial score (nSPS) is 9.94. The van der Waals surface area contributed by atoms with Gasteiger partial charge in [0.05, 0.1) is 26.0 Å². The van der Waals surface area contributed by atoms with Crippen LogP contribution < -0.4 is 14.8 Å². The van der Waals surface area contributed by atoms with Crippen molar-refractivity contribution in [1.29, 1.82) is 0 Å². The zero-order chi connectivity index (χ0) is 13.0. The monoisotopic (exact) mass is 246 g/mol. The number of hydrogen-bond donors (Lipinski definition) is 1. The van der Waals surface area contributed by atoms with Gasteiger partial charge in [-0.3, -0.25) is 0 Å². The van der Waals surface area contributed by atoms with Gasteiger partial charge in [-0.15, -0.1) is 5.10 Å². The van der Waals surface area contributed by atoms with Crippen molar-refractivity contribution in [2.24, 2.45) is 0 Å². The molecule has 2 rings (SSSR count). The predicted molar refractivity (Wildman–Crippen MR) is 67.9 cm³/mol. The third-order valence-electron chi connectivity index (χ3n) is 2.46. The number of methoxy groups -OCH3 is 2. The van der Waals surface area contributed by atoms with Crippen LogP contribution in [0.4, 0.5) is 5.82 Å². The lowest BCUT2D eigenvalue weighted by atomic mass is 10.2. The molecule has 2 aromatic rings. The molecule has 6 nitrogen and oxygen atoms in total. The van der Waals surface area contributed by atoms with E-state index in [0.717, 1.165) is 5.56 Å². The minimum absolute atomic E-state index is 0.501. The molecule has 0 aliphatic carbocycles. The highest BCUT2D eigenvalue weighted by Gasteiger charge is 2.11. The van der Waals surface area contributed by atoms with Crippen molar-refractivity contribution in [3.63, 3.8) is 0 Å². The summed E-state index contributed by atoms with van der Waals surface area (Å²) in [4.78, 5) is 4.32. The van der Waals surface area contributed by atoms with Crippen LogP contribution in [-0.4, -0.2) is 36.4 Å². The van der Waals surface area contributed by atoms with Crippen molar-refractivity contribution in [2.45, 2.75) is 0 Å². The summed E-state index contributed by atoms with van der Waals surface area (Å²) in [7, 11) is 4.97. The van der Waals surface area contributed by atoms with Crippen LogP contribution in [0.3, 0.4) is 0 Å². The summed E-state index contributed by atoms with van der Waals surface area (Å²) in [6, 6.07) is 5.45. The van der Waals surface area contributed by atoms with Gasteiger partial charge in [-0.2, -0.15) is 5.10 Å². The molecule has 0 saturated heterocycles. The number of hydrogen-bond acceptors (Lipinski definition) is 6. The molecule has 0 aliphatic rings. The fourth-order valence-corrected chi connectivity index (χ4v) is 1.52. The average molecular weight is 246 g/mol. The van der Waals surface area contributed by atoms with Gasteiger partial charge in [0.25, 0.3) is 0 Å². The molecule has 0 atom stereocenters. The van der Waals surface area contributed by atoms with Gasteiger partial charge in [-0.1, -0.05) is 0 Å². The second-order valence-corrected chi connectivity index (χ2v) is 3.48. The van der Waals surface area contributed by atoms with Crippen LogP contribution in [0.2, 0.25) is 0 Å². The van der Waals surface area contributed by atoms with Crippen LogP contribution in [0.1, 0.15) is 0 Å². The summed E-state index contributed by atoms with van der Waals surface area (Å²) in [5.74, 6) is 2.51. The third kappa shape index (κ3) is 2.32. The summed E-state index contributed by atoms with van der Waals surface area (Å²) in [5, 5.41) is 10.8. The second kappa shape index (κ2) is 5.31. The molecule has 94 valence electrons. The lowest BCUT2D eigenvalue weighted by Gasteiger charge is -2.09. The molecular weight excluding hydrogens is 232 g/mol. The summed E-state index contributed by atoms with van der Waals surface area (Å²) in [6.45, 7) is 0. The Kier molecular flexibility index (Phi) is 3.57. The Hall–Kier alpha value is -2.37. The van der Waals surface area contributed by atoms with Gasteiger partial charge in [0.2, 0.25) is 0 Å². The number of benzene rings is 1. The van der Waals surface area contributed by atoms with Crippen molar-refractivity contribution < 1.29 is 9.47 Å². The molecule has 0 aliphatic heterocycles. The van der Waals surface area contributed by atoms with Crippen LogP contribution in [0.5, 0.6) is 11.5 Å². The van der Waals surface area contributed by atoms with Gasteiger partial charge in [-0.25, -0.2) is 4.98 Å². The molecule has 1 N–H and O–H groups in total. The molecule has 1 heterocycles. The van der Waals surface area contributed by atoms with E-state index >= 15 is 0 Å². The van der Waals surface area contributed by atoms with Crippen molar-refractivity contribution in [3.05, 3.63) is 24.4 Å². The van der Waals surface area contributed by atoms with Gasteiger partial charge in [0.1, 0.15) is 17.3 Å². The highest BCUT2D eigenvalue weighted by molar-refractivity contribution is 5.66. The summed E-state index contributed by atoms with van der Waals surface area (Å²) in [6.07, 6.45) is 1.56. The zero-order valence-electron chi connectivity index (χ0n) is 10.5. The van der Waals surface area contributed by atoms with Crippen LogP contribution in [0.25, 0.3) is 11.4 Å². The number of aromatic nitrogens is 3.